The largest absolute Gasteiger partial charge is 0.489 e. The molecule has 0 unspecified atom stereocenters. The molecule has 1 heterocycles. The normalized spacial score (nSPS) is 11.5. The van der Waals surface area contributed by atoms with Gasteiger partial charge in [0.05, 0.1) is 0 Å². The van der Waals surface area contributed by atoms with Crippen LogP contribution in [0.2, 0.25) is 0 Å². The quantitative estimate of drug-likeness (QED) is 0.308. The molecule has 3 aromatic rings. The Morgan fingerprint density at radius 1 is 1.03 bits per heavy atom. The topological polar surface area (TPSA) is 39.4 Å². The predicted molar refractivity (Wildman–Crippen MR) is 124 cm³/mol. The molecule has 3 heteroatoms. The number of ether oxygens (including phenoxy) is 1. The first-order valence-electron chi connectivity index (χ1n) is 10.5. The van der Waals surface area contributed by atoms with Gasteiger partial charge >= 0.3 is 5.63 Å². The fourth-order valence-corrected chi connectivity index (χ4v) is 3.44. The van der Waals surface area contributed by atoms with Crippen molar-refractivity contribution in [1.29, 1.82) is 0 Å². The van der Waals surface area contributed by atoms with Gasteiger partial charge in [-0.05, 0) is 69.9 Å². The van der Waals surface area contributed by atoms with Crippen molar-refractivity contribution >= 4 is 11.0 Å². The van der Waals surface area contributed by atoms with E-state index in [-0.39, 0.29) is 5.63 Å². The minimum atomic E-state index is -0.281. The van der Waals surface area contributed by atoms with E-state index in [0.29, 0.717) is 29.9 Å². The Balaban J connectivity index is 1.73. The van der Waals surface area contributed by atoms with Crippen LogP contribution in [0.4, 0.5) is 0 Å². The molecule has 0 aliphatic carbocycles. The van der Waals surface area contributed by atoms with Crippen molar-refractivity contribution in [3.63, 3.8) is 0 Å². The van der Waals surface area contributed by atoms with Gasteiger partial charge in [0.15, 0.2) is 0 Å². The van der Waals surface area contributed by atoms with Crippen molar-refractivity contribution in [2.24, 2.45) is 0 Å². The highest BCUT2D eigenvalue weighted by Gasteiger charge is 2.12. The summed E-state index contributed by atoms with van der Waals surface area (Å²) in [4.78, 5) is 12.6. The summed E-state index contributed by atoms with van der Waals surface area (Å²) in [5.74, 6) is 0.703. The van der Waals surface area contributed by atoms with Gasteiger partial charge < -0.3 is 9.15 Å². The molecule has 0 aliphatic rings. The first-order valence-corrected chi connectivity index (χ1v) is 10.5. The number of hydrogen-bond acceptors (Lipinski definition) is 3. The summed E-state index contributed by atoms with van der Waals surface area (Å²) < 4.78 is 11.5. The van der Waals surface area contributed by atoms with Gasteiger partial charge in [0.25, 0.3) is 0 Å². The number of benzene rings is 2. The molecule has 156 valence electrons. The fourth-order valence-electron chi connectivity index (χ4n) is 3.44. The molecular formula is C27H30O3. The highest BCUT2D eigenvalue weighted by molar-refractivity contribution is 5.82. The summed E-state index contributed by atoms with van der Waals surface area (Å²) in [5.41, 5.74) is 5.70. The van der Waals surface area contributed by atoms with Gasteiger partial charge in [-0.3, -0.25) is 0 Å². The number of aryl methyl sites for hydroxylation is 1. The zero-order valence-corrected chi connectivity index (χ0v) is 18.3. The standard InChI is InChI=1S/C27H30O3/c1-19(2)9-8-10-20(3)15-16-29-23-13-14-24-21(4)25(27(28)30-26(24)18-23)17-22-11-6-5-7-12-22/h5-7,9,11-15,18H,8,10,16-17H2,1-4H3/b20-15+. The molecule has 0 spiro atoms. The molecule has 0 saturated carbocycles. The summed E-state index contributed by atoms with van der Waals surface area (Å²) in [7, 11) is 0. The van der Waals surface area contributed by atoms with E-state index in [2.05, 4.69) is 32.9 Å². The van der Waals surface area contributed by atoms with Crippen LogP contribution >= 0.6 is 0 Å². The van der Waals surface area contributed by atoms with Crippen molar-refractivity contribution in [3.8, 4) is 5.75 Å². The summed E-state index contributed by atoms with van der Waals surface area (Å²) in [6.07, 6.45) is 7.01. The van der Waals surface area contributed by atoms with E-state index < -0.39 is 0 Å². The maximum atomic E-state index is 12.6. The molecule has 1 aromatic heterocycles. The molecule has 0 N–H and O–H groups in total. The molecule has 30 heavy (non-hydrogen) atoms. The molecular weight excluding hydrogens is 372 g/mol. The van der Waals surface area contributed by atoms with E-state index in [0.717, 1.165) is 29.4 Å². The van der Waals surface area contributed by atoms with Crippen molar-refractivity contribution in [2.75, 3.05) is 6.61 Å². The SMILES string of the molecule is CC(C)=CCC/C(C)=C/COc1ccc2c(C)c(Cc3ccccc3)c(=O)oc2c1. The Bertz CT molecular complexity index is 1110. The molecule has 0 bridgehead atoms. The van der Waals surface area contributed by atoms with Crippen LogP contribution in [-0.4, -0.2) is 6.61 Å². The van der Waals surface area contributed by atoms with Crippen molar-refractivity contribution < 1.29 is 9.15 Å². The highest BCUT2D eigenvalue weighted by Crippen LogP contribution is 2.25. The summed E-state index contributed by atoms with van der Waals surface area (Å²) in [5, 5.41) is 0.946. The van der Waals surface area contributed by atoms with Crippen molar-refractivity contribution in [3.05, 3.63) is 98.9 Å². The molecule has 0 amide bonds. The lowest BCUT2D eigenvalue weighted by atomic mass is 10.00. The number of hydrogen-bond donors (Lipinski definition) is 0. The number of fused-ring (bicyclic) bond motifs is 1. The fraction of sp³-hybridized carbons (Fsp3) is 0.296. The van der Waals surface area contributed by atoms with Crippen LogP contribution in [0.1, 0.15) is 50.3 Å². The van der Waals surface area contributed by atoms with Crippen molar-refractivity contribution in [2.45, 2.75) is 47.0 Å². The Hall–Kier alpha value is -3.07. The highest BCUT2D eigenvalue weighted by atomic mass is 16.5. The van der Waals surface area contributed by atoms with Gasteiger partial charge in [-0.25, -0.2) is 4.79 Å². The third kappa shape index (κ3) is 5.73. The zero-order chi connectivity index (χ0) is 21.5. The van der Waals surface area contributed by atoms with Gasteiger partial charge in [-0.15, -0.1) is 0 Å². The molecule has 0 aliphatic heterocycles. The second-order valence-corrected chi connectivity index (χ2v) is 8.00. The lowest BCUT2D eigenvalue weighted by molar-refractivity contribution is 0.361. The molecule has 0 fully saturated rings. The Morgan fingerprint density at radius 2 is 1.80 bits per heavy atom. The van der Waals surface area contributed by atoms with E-state index in [1.165, 1.54) is 11.1 Å². The average Bonchev–Trinajstić information content (AvgIpc) is 2.71. The summed E-state index contributed by atoms with van der Waals surface area (Å²) in [6, 6.07) is 15.7. The van der Waals surface area contributed by atoms with E-state index in [1.807, 2.05) is 55.5 Å². The number of allylic oxidation sites excluding steroid dienone is 3. The molecule has 3 nitrogen and oxygen atoms in total. The third-order valence-electron chi connectivity index (χ3n) is 5.26. The Kier molecular flexibility index (Phi) is 7.29. The van der Waals surface area contributed by atoms with Crippen LogP contribution in [0.3, 0.4) is 0 Å². The minimum Gasteiger partial charge on any atom is -0.489 e. The summed E-state index contributed by atoms with van der Waals surface area (Å²) >= 11 is 0. The average molecular weight is 403 g/mol. The second kappa shape index (κ2) is 10.1. The van der Waals surface area contributed by atoms with Crippen LogP contribution in [-0.2, 0) is 6.42 Å². The van der Waals surface area contributed by atoms with E-state index in [4.69, 9.17) is 9.15 Å². The lowest BCUT2D eigenvalue weighted by Gasteiger charge is -2.10. The monoisotopic (exact) mass is 402 g/mol. The minimum absolute atomic E-state index is 0.281. The van der Waals surface area contributed by atoms with Crippen molar-refractivity contribution in [1.82, 2.24) is 0 Å². The molecule has 3 rings (SSSR count). The third-order valence-corrected chi connectivity index (χ3v) is 5.26. The van der Waals surface area contributed by atoms with Crippen LogP contribution in [0.15, 0.2) is 81.0 Å². The van der Waals surface area contributed by atoms with E-state index in [1.54, 1.807) is 0 Å². The predicted octanol–water partition coefficient (Wildman–Crippen LogP) is 6.76. The first-order chi connectivity index (χ1) is 14.4. The second-order valence-electron chi connectivity index (χ2n) is 8.00. The van der Waals surface area contributed by atoms with Gasteiger partial charge in [0.2, 0.25) is 0 Å². The molecule has 0 radical (unpaired) electrons. The van der Waals surface area contributed by atoms with Gasteiger partial charge in [0, 0.05) is 23.4 Å². The lowest BCUT2D eigenvalue weighted by Crippen LogP contribution is -2.11. The van der Waals surface area contributed by atoms with Crippen LogP contribution in [0, 0.1) is 6.92 Å². The Morgan fingerprint density at radius 3 is 2.53 bits per heavy atom. The van der Waals surface area contributed by atoms with Gasteiger partial charge in [-0.2, -0.15) is 0 Å². The molecule has 0 saturated heterocycles. The first kappa shape index (κ1) is 21.6. The van der Waals surface area contributed by atoms with Gasteiger partial charge in [-0.1, -0.05) is 47.6 Å². The van der Waals surface area contributed by atoms with Crippen LogP contribution < -0.4 is 10.4 Å². The van der Waals surface area contributed by atoms with Crippen LogP contribution in [0.5, 0.6) is 5.75 Å². The molecule has 2 aromatic carbocycles. The Labute approximate surface area is 178 Å². The van der Waals surface area contributed by atoms with Crippen LogP contribution in [0.25, 0.3) is 11.0 Å². The van der Waals surface area contributed by atoms with E-state index >= 15 is 0 Å². The molecule has 0 atom stereocenters. The zero-order valence-electron chi connectivity index (χ0n) is 18.3. The van der Waals surface area contributed by atoms with Gasteiger partial charge in [0.1, 0.15) is 17.9 Å². The number of rotatable bonds is 8. The smallest absolute Gasteiger partial charge is 0.340 e. The maximum Gasteiger partial charge on any atom is 0.340 e. The van der Waals surface area contributed by atoms with E-state index in [9.17, 15) is 4.79 Å². The summed E-state index contributed by atoms with van der Waals surface area (Å²) in [6.45, 7) is 8.84. The maximum absolute atomic E-state index is 12.6.